The van der Waals surface area contributed by atoms with Gasteiger partial charge in [-0.25, -0.2) is 14.5 Å². The van der Waals surface area contributed by atoms with Crippen LogP contribution >= 0.6 is 0 Å². The van der Waals surface area contributed by atoms with Crippen LogP contribution in [0.15, 0.2) is 12.3 Å². The van der Waals surface area contributed by atoms with E-state index in [1.54, 1.807) is 0 Å². The van der Waals surface area contributed by atoms with Gasteiger partial charge in [-0.05, 0) is 20.3 Å². The average Bonchev–Trinajstić information content (AvgIpc) is 2.62. The zero-order valence-electron chi connectivity index (χ0n) is 17.8. The Kier molecular flexibility index (Phi) is 9.48. The quantitative estimate of drug-likeness (QED) is 0.476. The van der Waals surface area contributed by atoms with Crippen LogP contribution in [-0.2, 0) is 14.4 Å². The van der Waals surface area contributed by atoms with Gasteiger partial charge in [-0.3, -0.25) is 19.7 Å². The summed E-state index contributed by atoms with van der Waals surface area (Å²) in [6, 6.07) is -3.46. The zero-order chi connectivity index (χ0) is 23.1. The van der Waals surface area contributed by atoms with E-state index in [0.29, 0.717) is 11.3 Å². The standard InChI is InChI=1S/C18H31N5O6/c1-8-9-13(24)21(5)11(2)15(26)22(6)12(10-18(3,4)29)14(25)20-17(28)23(7)16(19)27/h12,29H,2,8-10H2,1,3-7H3,(H2,19,27)(H,20,25,28)/t12-/m0/s1. The molecule has 0 bridgehead atoms. The van der Waals surface area contributed by atoms with Crippen LogP contribution in [0.2, 0.25) is 0 Å². The van der Waals surface area contributed by atoms with Crippen LogP contribution in [0.1, 0.15) is 40.0 Å². The van der Waals surface area contributed by atoms with Crippen LogP contribution in [0.25, 0.3) is 0 Å². The molecule has 1 atom stereocenters. The van der Waals surface area contributed by atoms with Gasteiger partial charge in [0.2, 0.25) is 5.91 Å². The Morgan fingerprint density at radius 3 is 2.03 bits per heavy atom. The molecule has 0 heterocycles. The first kappa shape index (κ1) is 26.1. The number of primary amides is 1. The van der Waals surface area contributed by atoms with Gasteiger partial charge in [0.1, 0.15) is 11.7 Å². The molecule has 0 rings (SSSR count). The van der Waals surface area contributed by atoms with E-state index in [4.69, 9.17) is 5.73 Å². The van der Waals surface area contributed by atoms with Crippen molar-refractivity contribution in [2.75, 3.05) is 21.1 Å². The van der Waals surface area contributed by atoms with Crippen LogP contribution in [0, 0.1) is 0 Å². The molecule has 164 valence electrons. The smallest absolute Gasteiger partial charge is 0.331 e. The zero-order valence-corrected chi connectivity index (χ0v) is 17.8. The number of nitrogens with two attached hydrogens (primary N) is 1. The lowest BCUT2D eigenvalue weighted by Crippen LogP contribution is -2.55. The summed E-state index contributed by atoms with van der Waals surface area (Å²) in [5.41, 5.74) is 3.44. The normalized spacial score (nSPS) is 11.8. The van der Waals surface area contributed by atoms with Gasteiger partial charge in [0.15, 0.2) is 0 Å². The Morgan fingerprint density at radius 2 is 1.62 bits per heavy atom. The van der Waals surface area contributed by atoms with Crippen LogP contribution in [0.5, 0.6) is 0 Å². The lowest BCUT2D eigenvalue weighted by molar-refractivity contribution is -0.140. The van der Waals surface area contributed by atoms with Crippen LogP contribution < -0.4 is 11.1 Å². The molecule has 0 unspecified atom stereocenters. The Hall–Kier alpha value is -2.95. The molecule has 0 radical (unpaired) electrons. The van der Waals surface area contributed by atoms with Gasteiger partial charge in [-0.1, -0.05) is 13.5 Å². The monoisotopic (exact) mass is 413 g/mol. The van der Waals surface area contributed by atoms with Gasteiger partial charge in [0.05, 0.1) is 5.60 Å². The molecule has 0 saturated carbocycles. The molecule has 0 aliphatic rings. The number of hydrogen-bond acceptors (Lipinski definition) is 6. The number of aliphatic hydroxyl groups is 1. The fourth-order valence-electron chi connectivity index (χ4n) is 2.27. The maximum Gasteiger partial charge on any atom is 0.331 e. The number of likely N-dealkylation sites (N-methyl/N-ethyl adjacent to an activating group) is 2. The molecule has 0 aliphatic carbocycles. The molecular weight excluding hydrogens is 382 g/mol. The predicted molar refractivity (Wildman–Crippen MR) is 105 cm³/mol. The third-order valence-corrected chi connectivity index (χ3v) is 4.14. The number of amides is 7. The number of imide groups is 2. The minimum Gasteiger partial charge on any atom is -0.390 e. The summed E-state index contributed by atoms with van der Waals surface area (Å²) in [6.45, 7) is 8.28. The van der Waals surface area contributed by atoms with Crippen LogP contribution in [-0.4, -0.2) is 82.4 Å². The fraction of sp³-hybridized carbons (Fsp3) is 0.611. The summed E-state index contributed by atoms with van der Waals surface area (Å²) in [4.78, 5) is 62.9. The molecular formula is C18H31N5O6. The second-order valence-corrected chi connectivity index (χ2v) is 7.29. The van der Waals surface area contributed by atoms with Crippen molar-refractivity contribution in [1.82, 2.24) is 20.0 Å². The van der Waals surface area contributed by atoms with Crippen molar-refractivity contribution in [2.45, 2.75) is 51.7 Å². The first-order valence-corrected chi connectivity index (χ1v) is 8.97. The molecule has 11 nitrogen and oxygen atoms in total. The summed E-state index contributed by atoms with van der Waals surface area (Å²) in [7, 11) is 3.74. The molecule has 0 aromatic carbocycles. The number of carbonyl (C=O) groups excluding carboxylic acids is 5. The van der Waals surface area contributed by atoms with Crippen molar-refractivity contribution in [3.8, 4) is 0 Å². The van der Waals surface area contributed by atoms with Crippen molar-refractivity contribution in [2.24, 2.45) is 5.73 Å². The summed E-state index contributed by atoms with van der Waals surface area (Å²) in [5.74, 6) is -1.99. The maximum atomic E-state index is 12.8. The molecule has 0 spiro atoms. The summed E-state index contributed by atoms with van der Waals surface area (Å²) in [6.07, 6.45) is 0.572. The molecule has 29 heavy (non-hydrogen) atoms. The van der Waals surface area contributed by atoms with E-state index in [-0.39, 0.29) is 24.4 Å². The summed E-state index contributed by atoms with van der Waals surface area (Å²) < 4.78 is 0. The van der Waals surface area contributed by atoms with E-state index in [1.165, 1.54) is 27.9 Å². The van der Waals surface area contributed by atoms with Crippen molar-refractivity contribution >= 4 is 29.8 Å². The molecule has 0 aliphatic heterocycles. The van der Waals surface area contributed by atoms with E-state index >= 15 is 0 Å². The van der Waals surface area contributed by atoms with Gasteiger partial charge in [0.25, 0.3) is 11.8 Å². The third kappa shape index (κ3) is 7.90. The van der Waals surface area contributed by atoms with Crippen LogP contribution in [0.3, 0.4) is 0 Å². The third-order valence-electron chi connectivity index (χ3n) is 4.14. The molecule has 0 aromatic heterocycles. The summed E-state index contributed by atoms with van der Waals surface area (Å²) in [5, 5.41) is 12.1. The van der Waals surface area contributed by atoms with E-state index < -0.39 is 35.5 Å². The Bertz CT molecular complexity index is 685. The van der Waals surface area contributed by atoms with Crippen molar-refractivity contribution in [1.29, 1.82) is 0 Å². The molecule has 4 N–H and O–H groups in total. The van der Waals surface area contributed by atoms with E-state index in [2.05, 4.69) is 6.58 Å². The van der Waals surface area contributed by atoms with Gasteiger partial charge in [-0.15, -0.1) is 0 Å². The number of nitrogens with one attached hydrogen (secondary N) is 1. The number of nitrogens with zero attached hydrogens (tertiary/aromatic N) is 3. The highest BCUT2D eigenvalue weighted by molar-refractivity contribution is 6.04. The highest BCUT2D eigenvalue weighted by atomic mass is 16.3. The molecule has 0 saturated heterocycles. The van der Waals surface area contributed by atoms with Gasteiger partial charge < -0.3 is 20.6 Å². The largest absolute Gasteiger partial charge is 0.390 e. The molecule has 0 aromatic rings. The topological polar surface area (TPSA) is 153 Å². The minimum atomic E-state index is -1.37. The fourth-order valence-corrected chi connectivity index (χ4v) is 2.27. The Morgan fingerprint density at radius 1 is 1.10 bits per heavy atom. The van der Waals surface area contributed by atoms with E-state index in [9.17, 15) is 29.1 Å². The number of carbonyl (C=O) groups is 5. The predicted octanol–water partition coefficient (Wildman–Crippen LogP) is -0.00670. The highest BCUT2D eigenvalue weighted by Crippen LogP contribution is 2.18. The van der Waals surface area contributed by atoms with Crippen LogP contribution in [0.4, 0.5) is 9.59 Å². The number of rotatable bonds is 8. The van der Waals surface area contributed by atoms with Gasteiger partial charge >= 0.3 is 12.1 Å². The van der Waals surface area contributed by atoms with Crippen molar-refractivity contribution < 1.29 is 29.1 Å². The van der Waals surface area contributed by atoms with Gasteiger partial charge in [-0.2, -0.15) is 0 Å². The number of hydrogen-bond donors (Lipinski definition) is 3. The lowest BCUT2D eigenvalue weighted by atomic mass is 9.97. The second kappa shape index (κ2) is 10.6. The first-order chi connectivity index (χ1) is 13.1. The van der Waals surface area contributed by atoms with Gasteiger partial charge in [0, 0.05) is 34.0 Å². The average molecular weight is 413 g/mol. The Balaban J connectivity index is 5.58. The molecule has 11 heteroatoms. The van der Waals surface area contributed by atoms with E-state index in [0.717, 1.165) is 16.8 Å². The maximum absolute atomic E-state index is 12.8. The second-order valence-electron chi connectivity index (χ2n) is 7.29. The SMILES string of the molecule is C=C(C(=O)N(C)[C@@H](CC(C)(C)O)C(=O)NC(=O)N(C)C(N)=O)N(C)C(=O)CCC. The molecule has 7 amide bonds. The van der Waals surface area contributed by atoms with Crippen molar-refractivity contribution in [3.05, 3.63) is 12.3 Å². The summed E-state index contributed by atoms with van der Waals surface area (Å²) >= 11 is 0. The first-order valence-electron chi connectivity index (χ1n) is 8.97. The Labute approximate surface area is 170 Å². The number of urea groups is 2. The van der Waals surface area contributed by atoms with E-state index in [1.807, 2.05) is 12.2 Å². The highest BCUT2D eigenvalue weighted by Gasteiger charge is 2.35. The lowest BCUT2D eigenvalue weighted by Gasteiger charge is -2.33. The molecule has 0 fully saturated rings. The van der Waals surface area contributed by atoms with Crippen molar-refractivity contribution in [3.63, 3.8) is 0 Å². The minimum absolute atomic E-state index is 0.167.